The second kappa shape index (κ2) is 9.29. The molecule has 1 N–H and O–H groups in total. The van der Waals surface area contributed by atoms with Gasteiger partial charge >= 0.3 is 0 Å². The van der Waals surface area contributed by atoms with E-state index < -0.39 is 5.54 Å². The maximum atomic E-state index is 14.4. The number of hydrogen-bond acceptors (Lipinski definition) is 5. The molecular formula is C29H34FN7O2. The molecule has 4 heterocycles. The van der Waals surface area contributed by atoms with Gasteiger partial charge in [-0.05, 0) is 50.8 Å². The Morgan fingerprint density at radius 2 is 1.82 bits per heavy atom. The van der Waals surface area contributed by atoms with Crippen LogP contribution in [0.5, 0.6) is 0 Å². The largest absolute Gasteiger partial charge is 0.338 e. The molecule has 2 amide bonds. The first-order valence-electron chi connectivity index (χ1n) is 13.0. The number of carbonyl (C=O) groups excluding carboxylic acids is 2. The van der Waals surface area contributed by atoms with Crippen molar-refractivity contribution in [1.82, 2.24) is 34.4 Å². The molecule has 0 atom stereocenters. The molecule has 39 heavy (non-hydrogen) atoms. The normalized spacial score (nSPS) is 15.7. The van der Waals surface area contributed by atoms with E-state index in [9.17, 15) is 14.0 Å². The first-order chi connectivity index (χ1) is 18.2. The third kappa shape index (κ3) is 4.91. The number of nitrogens with one attached hydrogen (secondary N) is 1. The maximum absolute atomic E-state index is 14.4. The highest BCUT2D eigenvalue weighted by molar-refractivity contribution is 5.95. The molecule has 10 heteroatoms. The van der Waals surface area contributed by atoms with Gasteiger partial charge < -0.3 is 14.8 Å². The fourth-order valence-corrected chi connectivity index (χ4v) is 5.07. The zero-order valence-electron chi connectivity index (χ0n) is 23.5. The van der Waals surface area contributed by atoms with E-state index in [1.807, 2.05) is 26.0 Å². The molecule has 3 aromatic heterocycles. The van der Waals surface area contributed by atoms with Crippen molar-refractivity contribution in [3.63, 3.8) is 0 Å². The quantitative estimate of drug-likeness (QED) is 0.418. The number of benzene rings is 1. The Bertz CT molecular complexity index is 1590. The van der Waals surface area contributed by atoms with Gasteiger partial charge in [-0.3, -0.25) is 9.59 Å². The van der Waals surface area contributed by atoms with Crippen molar-refractivity contribution in [2.24, 2.45) is 0 Å². The molecule has 1 saturated heterocycles. The number of carbonyl (C=O) groups is 2. The molecule has 0 bridgehead atoms. The van der Waals surface area contributed by atoms with Crippen molar-refractivity contribution in [2.75, 3.05) is 19.6 Å². The number of aromatic amines is 1. The Morgan fingerprint density at radius 3 is 2.44 bits per heavy atom. The molecule has 9 nitrogen and oxygen atoms in total. The van der Waals surface area contributed by atoms with Crippen molar-refractivity contribution in [3.05, 3.63) is 70.8 Å². The molecule has 1 aromatic carbocycles. The van der Waals surface area contributed by atoms with E-state index >= 15 is 0 Å². The van der Waals surface area contributed by atoms with E-state index in [2.05, 4.69) is 30.7 Å². The van der Waals surface area contributed by atoms with Gasteiger partial charge in [-0.2, -0.15) is 5.10 Å². The van der Waals surface area contributed by atoms with Gasteiger partial charge in [-0.15, -0.1) is 0 Å². The van der Waals surface area contributed by atoms with Crippen LogP contribution in [0.4, 0.5) is 4.39 Å². The van der Waals surface area contributed by atoms with Crippen LogP contribution in [-0.2, 0) is 5.41 Å². The van der Waals surface area contributed by atoms with Gasteiger partial charge in [-0.25, -0.2) is 18.9 Å². The number of aromatic nitrogens is 5. The van der Waals surface area contributed by atoms with Gasteiger partial charge in [0.25, 0.3) is 11.8 Å². The Morgan fingerprint density at radius 1 is 1.08 bits per heavy atom. The van der Waals surface area contributed by atoms with Gasteiger partial charge in [0.05, 0.1) is 23.6 Å². The molecule has 5 rings (SSSR count). The summed E-state index contributed by atoms with van der Waals surface area (Å²) in [5.74, 6) is 0.0215. The first kappa shape index (κ1) is 26.5. The lowest BCUT2D eigenvalue weighted by Gasteiger charge is -2.46. The fourth-order valence-electron chi connectivity index (χ4n) is 5.07. The number of fused-ring (bicyclic) bond motifs is 1. The van der Waals surface area contributed by atoms with Gasteiger partial charge in [0.15, 0.2) is 5.65 Å². The predicted molar refractivity (Wildman–Crippen MR) is 146 cm³/mol. The average molecular weight is 532 g/mol. The van der Waals surface area contributed by atoms with E-state index in [1.165, 1.54) is 12.3 Å². The molecule has 1 aliphatic rings. The SMILES string of the molecule is Cc1ncc(C(=O)N2CCN(C(=O)c3cn4nc(-c5ccc(C)c(F)c5)cc(C(C)(C)C)c4n3)C(C)(C)C2)[nH]1. The van der Waals surface area contributed by atoms with Crippen molar-refractivity contribution in [3.8, 4) is 11.3 Å². The predicted octanol–water partition coefficient (Wildman–Crippen LogP) is 4.55. The van der Waals surface area contributed by atoms with Gasteiger partial charge in [0.2, 0.25) is 0 Å². The maximum Gasteiger partial charge on any atom is 0.274 e. The van der Waals surface area contributed by atoms with Crippen molar-refractivity contribution >= 4 is 17.5 Å². The molecule has 1 aliphatic heterocycles. The summed E-state index contributed by atoms with van der Waals surface area (Å²) in [4.78, 5) is 42.1. The Kier molecular flexibility index (Phi) is 6.32. The van der Waals surface area contributed by atoms with Gasteiger partial charge in [-0.1, -0.05) is 32.9 Å². The highest BCUT2D eigenvalue weighted by atomic mass is 19.1. The minimum atomic E-state index is -0.624. The zero-order valence-corrected chi connectivity index (χ0v) is 23.5. The van der Waals surface area contributed by atoms with Crippen molar-refractivity contribution < 1.29 is 14.0 Å². The summed E-state index contributed by atoms with van der Waals surface area (Å²) in [7, 11) is 0. The van der Waals surface area contributed by atoms with Crippen LogP contribution in [0.3, 0.4) is 0 Å². The molecule has 0 radical (unpaired) electrons. The minimum Gasteiger partial charge on any atom is -0.338 e. The van der Waals surface area contributed by atoms with Crippen molar-refractivity contribution in [2.45, 2.75) is 59.4 Å². The van der Waals surface area contributed by atoms with Crippen LogP contribution >= 0.6 is 0 Å². The molecule has 0 aliphatic carbocycles. The number of aryl methyl sites for hydroxylation is 2. The molecule has 4 aromatic rings. The molecule has 0 spiro atoms. The van der Waals surface area contributed by atoms with E-state index in [1.54, 1.807) is 40.4 Å². The van der Waals surface area contributed by atoms with Crippen molar-refractivity contribution in [1.29, 1.82) is 0 Å². The minimum absolute atomic E-state index is 0.136. The number of piperazine rings is 1. The highest BCUT2D eigenvalue weighted by Gasteiger charge is 2.40. The lowest BCUT2D eigenvalue weighted by atomic mass is 9.87. The number of halogens is 1. The van der Waals surface area contributed by atoms with Crippen LogP contribution in [-0.4, -0.2) is 71.4 Å². The summed E-state index contributed by atoms with van der Waals surface area (Å²) in [6.45, 7) is 14.8. The van der Waals surface area contributed by atoms with E-state index in [0.29, 0.717) is 53.6 Å². The molecule has 1 fully saturated rings. The number of imidazole rings is 2. The summed E-state index contributed by atoms with van der Waals surface area (Å²) < 4.78 is 16.0. The second-order valence-corrected chi connectivity index (χ2v) is 11.9. The molecule has 0 saturated carbocycles. The average Bonchev–Trinajstić information content (AvgIpc) is 3.49. The lowest BCUT2D eigenvalue weighted by molar-refractivity contribution is 0.0163. The number of hydrogen-bond donors (Lipinski definition) is 1. The summed E-state index contributed by atoms with van der Waals surface area (Å²) in [5.41, 5.74) is 3.10. The summed E-state index contributed by atoms with van der Waals surface area (Å²) >= 11 is 0. The Labute approximate surface area is 227 Å². The van der Waals surface area contributed by atoms with E-state index in [4.69, 9.17) is 10.1 Å². The topological polar surface area (TPSA) is 99.5 Å². The summed E-state index contributed by atoms with van der Waals surface area (Å²) in [6, 6.07) is 6.98. The number of rotatable bonds is 3. The first-order valence-corrected chi connectivity index (χ1v) is 13.0. The summed E-state index contributed by atoms with van der Waals surface area (Å²) in [6.07, 6.45) is 3.18. The summed E-state index contributed by atoms with van der Waals surface area (Å²) in [5, 5.41) is 4.70. The van der Waals surface area contributed by atoms with Gasteiger partial charge in [0, 0.05) is 30.8 Å². The highest BCUT2D eigenvalue weighted by Crippen LogP contribution is 2.31. The lowest BCUT2D eigenvalue weighted by Crippen LogP contribution is -2.62. The van der Waals surface area contributed by atoms with Crippen LogP contribution < -0.4 is 0 Å². The smallest absolute Gasteiger partial charge is 0.274 e. The van der Waals surface area contributed by atoms with Crippen LogP contribution in [0, 0.1) is 19.7 Å². The third-order valence-corrected chi connectivity index (χ3v) is 7.29. The van der Waals surface area contributed by atoms with Crippen LogP contribution in [0.2, 0.25) is 0 Å². The van der Waals surface area contributed by atoms with Gasteiger partial charge in [0.1, 0.15) is 23.0 Å². The fraction of sp³-hybridized carbons (Fsp3) is 0.414. The van der Waals surface area contributed by atoms with E-state index in [0.717, 1.165) is 5.56 Å². The van der Waals surface area contributed by atoms with Crippen LogP contribution in [0.15, 0.2) is 36.7 Å². The number of H-pyrrole nitrogens is 1. The van der Waals surface area contributed by atoms with Crippen LogP contribution in [0.1, 0.15) is 72.5 Å². The van der Waals surface area contributed by atoms with E-state index in [-0.39, 0.29) is 28.7 Å². The Hall–Kier alpha value is -4.08. The number of nitrogens with zero attached hydrogens (tertiary/aromatic N) is 6. The van der Waals surface area contributed by atoms with Crippen LogP contribution in [0.25, 0.3) is 16.9 Å². The molecule has 204 valence electrons. The zero-order chi connectivity index (χ0) is 28.3. The number of amides is 2. The monoisotopic (exact) mass is 531 g/mol. The standard InChI is InChI=1S/C29H34FN7O2/c1-17-8-9-19(12-21(17)30)22-13-20(28(3,4)5)25-33-24(15-37(25)34-22)27(39)36-11-10-35(16-29(36,6)7)26(38)23-14-31-18(2)32-23/h8-9,12-15H,10-11,16H2,1-7H3,(H,31,32). The molecule has 0 unspecified atom stereocenters. The third-order valence-electron chi connectivity index (χ3n) is 7.29. The second-order valence-electron chi connectivity index (χ2n) is 11.9. The molecular weight excluding hydrogens is 497 g/mol. The Balaban J connectivity index is 1.47.